The largest absolute Gasteiger partial charge is 0.481 e. The molecule has 0 amide bonds. The van der Waals surface area contributed by atoms with Gasteiger partial charge in [-0.15, -0.1) is 0 Å². The molecule has 3 rings (SSSR count). The Balaban J connectivity index is 1.89. The highest BCUT2D eigenvalue weighted by Gasteiger charge is 2.53. The molecule has 0 aliphatic carbocycles. The van der Waals surface area contributed by atoms with Crippen LogP contribution >= 0.6 is 31.3 Å². The molecule has 0 spiro atoms. The number of nitrogens with two attached hydrogens (primary N) is 1. The van der Waals surface area contributed by atoms with Crippen molar-refractivity contribution in [3.05, 3.63) is 10.4 Å². The summed E-state index contributed by atoms with van der Waals surface area (Å²) in [5.41, 5.74) is 4.67. The average molecular weight is 605 g/mol. The highest BCUT2D eigenvalue weighted by molar-refractivity contribution is 7.61. The molecule has 206 valence electrons. The second-order valence-corrected chi connectivity index (χ2v) is 12.6. The molecule has 0 bridgehead atoms. The van der Waals surface area contributed by atoms with Crippen molar-refractivity contribution in [2.24, 2.45) is 0 Å². The average Bonchev–Trinajstić information content (AvgIpc) is 3.18. The molecule has 2 aliphatic heterocycles. The van der Waals surface area contributed by atoms with Gasteiger partial charge in [0, 0.05) is 0 Å². The molecule has 3 heterocycles. The van der Waals surface area contributed by atoms with Crippen LogP contribution in [0.4, 0.5) is 17.5 Å². The van der Waals surface area contributed by atoms with Crippen molar-refractivity contribution < 1.29 is 75.1 Å². The molecule has 36 heavy (non-hydrogen) atoms. The summed E-state index contributed by atoms with van der Waals surface area (Å²) in [5, 5.41) is 13.3. The van der Waals surface area contributed by atoms with Crippen molar-refractivity contribution in [3.63, 3.8) is 0 Å². The molecular weight excluding hydrogens is 586 g/mol. The van der Waals surface area contributed by atoms with E-state index < -0.39 is 68.0 Å². The van der Waals surface area contributed by atoms with E-state index in [1.807, 2.05) is 0 Å². The maximum Gasteiger partial charge on any atom is 0.481 e. The van der Waals surface area contributed by atoms with Crippen LogP contribution < -0.4 is 21.5 Å². The molecule has 26 heteroatoms. The molecule has 1 saturated heterocycles. The first kappa shape index (κ1) is 29.3. The number of phosphoric acid groups is 4. The van der Waals surface area contributed by atoms with Gasteiger partial charge in [-0.3, -0.25) is 18.8 Å². The number of fused-ring (bicyclic) bond motifs is 1. The first-order chi connectivity index (χ1) is 16.3. The molecule has 1 fully saturated rings. The number of aromatic amines is 1. The minimum absolute atomic E-state index is 0.121. The van der Waals surface area contributed by atoms with E-state index in [1.165, 1.54) is 0 Å². The summed E-state index contributed by atoms with van der Waals surface area (Å²) in [6, 6.07) is 0. The van der Waals surface area contributed by atoms with Crippen molar-refractivity contribution in [2.45, 2.75) is 24.5 Å². The lowest BCUT2D eigenvalue weighted by Gasteiger charge is -2.27. The highest BCUT2D eigenvalue weighted by atomic mass is 31.3. The lowest BCUT2D eigenvalue weighted by Crippen LogP contribution is -2.45. The van der Waals surface area contributed by atoms with Crippen molar-refractivity contribution in [3.8, 4) is 0 Å². The molecule has 2 unspecified atom stereocenters. The van der Waals surface area contributed by atoms with Gasteiger partial charge in [0.15, 0.2) is 12.0 Å². The fraction of sp³-hybridized carbons (Fsp3) is 0.600. The monoisotopic (exact) mass is 605 g/mol. The lowest BCUT2D eigenvalue weighted by atomic mass is 10.1. The summed E-state index contributed by atoms with van der Waals surface area (Å²) in [5.74, 6) is -0.518. The van der Waals surface area contributed by atoms with Crippen LogP contribution in [0.2, 0.25) is 0 Å². The minimum Gasteiger partial charge on any atom is -0.386 e. The molecule has 11 N–H and O–H groups in total. The van der Waals surface area contributed by atoms with Gasteiger partial charge >= 0.3 is 31.3 Å². The van der Waals surface area contributed by atoms with Crippen LogP contribution in [0.15, 0.2) is 4.79 Å². The number of hydrogen-bond acceptors (Lipinski definition) is 15. The number of H-pyrrole nitrogens is 1. The Labute approximate surface area is 198 Å². The molecule has 0 saturated carbocycles. The Morgan fingerprint density at radius 2 is 1.64 bits per heavy atom. The predicted octanol–water partition coefficient (Wildman–Crippen LogP) is -2.55. The number of aliphatic hydroxyl groups is 1. The van der Waals surface area contributed by atoms with Gasteiger partial charge in [0.1, 0.15) is 24.0 Å². The highest BCUT2D eigenvalue weighted by Crippen LogP contribution is 2.60. The molecule has 6 atom stereocenters. The number of anilines is 3. The number of nitrogens with zero attached hydrogens (tertiary/aromatic N) is 2. The number of aromatic nitrogens is 2. The normalized spacial score (nSPS) is 27.8. The standard InChI is InChI=1S/C10H19N5O17P4/c11-10-13-7-4(8(17)14-10)12-2-15(7)9-5(16)6(30-36(26,27)32-34(21,22)23)3(29-9)1-28-35(24,25)31-33(18,19)20/h3,5-6,9,12,16H,1-2H2,(H,24,25)(H,26,27)(H2,18,19,20)(H2,21,22,23)(H3,11,13,14,17)/t3-,5-,6-,9-/m1/s1. The van der Waals surface area contributed by atoms with Gasteiger partial charge in [0.2, 0.25) is 5.95 Å². The Morgan fingerprint density at radius 1 is 1.06 bits per heavy atom. The summed E-state index contributed by atoms with van der Waals surface area (Å²) in [6.07, 6.45) is -7.62. The van der Waals surface area contributed by atoms with Gasteiger partial charge in [0.05, 0.1) is 13.3 Å². The molecule has 1 aromatic rings. The third-order valence-corrected chi connectivity index (χ3v) is 8.65. The maximum atomic E-state index is 12.1. The number of rotatable bonds is 10. The molecule has 1 aromatic heterocycles. The Morgan fingerprint density at radius 3 is 2.22 bits per heavy atom. The minimum atomic E-state index is -5.65. The van der Waals surface area contributed by atoms with Crippen molar-refractivity contribution in [1.29, 1.82) is 0 Å². The topological polar surface area (TPSA) is 343 Å². The van der Waals surface area contributed by atoms with Crippen LogP contribution in [0, 0.1) is 0 Å². The molecule has 0 aromatic carbocycles. The van der Waals surface area contributed by atoms with E-state index in [0.717, 1.165) is 4.90 Å². The zero-order chi connectivity index (χ0) is 27.3. The Bertz CT molecular complexity index is 1240. The lowest BCUT2D eigenvalue weighted by molar-refractivity contribution is -0.0210. The number of phosphoric ester groups is 2. The van der Waals surface area contributed by atoms with E-state index in [0.29, 0.717) is 0 Å². The van der Waals surface area contributed by atoms with Crippen molar-refractivity contribution in [1.82, 2.24) is 9.97 Å². The first-order valence-electron chi connectivity index (χ1n) is 9.03. The van der Waals surface area contributed by atoms with Crippen molar-refractivity contribution >= 4 is 48.7 Å². The molecular formula is C10H19N5O17P4. The zero-order valence-electron chi connectivity index (χ0n) is 17.2. The fourth-order valence-corrected chi connectivity index (χ4v) is 6.57. The van der Waals surface area contributed by atoms with E-state index in [-0.39, 0.29) is 24.1 Å². The maximum absolute atomic E-state index is 12.1. The van der Waals surface area contributed by atoms with Gasteiger partial charge in [-0.2, -0.15) is 13.6 Å². The van der Waals surface area contributed by atoms with E-state index in [1.54, 1.807) is 0 Å². The molecule has 0 radical (unpaired) electrons. The van der Waals surface area contributed by atoms with Gasteiger partial charge in [-0.1, -0.05) is 0 Å². The van der Waals surface area contributed by atoms with E-state index in [4.69, 9.17) is 30.0 Å². The predicted molar refractivity (Wildman–Crippen MR) is 112 cm³/mol. The second kappa shape index (κ2) is 10.1. The van der Waals surface area contributed by atoms with Crippen LogP contribution in [-0.2, 0) is 40.7 Å². The SMILES string of the molecule is Nc1nc2c(c(=O)[nH]1)NCN2[C@@H]1O[C@H](COP(=O)(O)OP(=O)(O)O)[C@@H](OP(=O)(O)OP(=O)(O)O)[C@H]1O. The smallest absolute Gasteiger partial charge is 0.386 e. The van der Waals surface area contributed by atoms with E-state index in [2.05, 4.69) is 33.0 Å². The van der Waals surface area contributed by atoms with E-state index in [9.17, 15) is 37.9 Å². The van der Waals surface area contributed by atoms with Gasteiger partial charge in [-0.05, 0) is 0 Å². The number of nitrogens with one attached hydrogen (secondary N) is 2. The number of ether oxygens (including phenoxy) is 1. The van der Waals surface area contributed by atoms with Gasteiger partial charge < -0.3 is 55.2 Å². The quantitative estimate of drug-likeness (QED) is 0.123. The third kappa shape index (κ3) is 7.40. The van der Waals surface area contributed by atoms with Crippen LogP contribution in [0.3, 0.4) is 0 Å². The third-order valence-electron chi connectivity index (χ3n) is 4.31. The fourth-order valence-electron chi connectivity index (χ4n) is 3.17. The molecule has 2 aliphatic rings. The summed E-state index contributed by atoms with van der Waals surface area (Å²) in [6.45, 7) is -1.48. The summed E-state index contributed by atoms with van der Waals surface area (Å²) in [7, 11) is -22.3. The Hall–Kier alpha value is -1.28. The number of hydrogen-bond donors (Lipinski definition) is 10. The van der Waals surface area contributed by atoms with Crippen LogP contribution in [0.1, 0.15) is 0 Å². The zero-order valence-corrected chi connectivity index (χ0v) is 20.8. The van der Waals surface area contributed by atoms with Crippen LogP contribution in [0.25, 0.3) is 0 Å². The Kier molecular flexibility index (Phi) is 8.23. The van der Waals surface area contributed by atoms with Gasteiger partial charge in [0.25, 0.3) is 5.56 Å². The summed E-state index contributed by atoms with van der Waals surface area (Å²) in [4.78, 5) is 73.3. The summed E-state index contributed by atoms with van der Waals surface area (Å²) < 4.78 is 67.3. The van der Waals surface area contributed by atoms with Gasteiger partial charge in [-0.25, -0.2) is 18.3 Å². The number of nitrogen functional groups attached to an aromatic ring is 1. The van der Waals surface area contributed by atoms with E-state index >= 15 is 0 Å². The van der Waals surface area contributed by atoms with Crippen LogP contribution in [0.5, 0.6) is 0 Å². The van der Waals surface area contributed by atoms with Crippen LogP contribution in [-0.4, -0.2) is 82.3 Å². The molecule has 22 nitrogen and oxygen atoms in total. The number of aliphatic hydroxyl groups excluding tert-OH is 1. The second-order valence-electron chi connectivity index (χ2n) is 6.96. The summed E-state index contributed by atoms with van der Waals surface area (Å²) >= 11 is 0. The first-order valence-corrected chi connectivity index (χ1v) is 15.1. The van der Waals surface area contributed by atoms with Crippen molar-refractivity contribution in [2.75, 3.05) is 29.2 Å².